The van der Waals surface area contributed by atoms with Crippen LogP contribution in [0.15, 0.2) is 72.1 Å². The van der Waals surface area contributed by atoms with Crippen molar-refractivity contribution in [3.05, 3.63) is 72.1 Å². The summed E-state index contributed by atoms with van der Waals surface area (Å²) in [5, 5.41) is 7.39. The third-order valence-electron chi connectivity index (χ3n) is 3.53. The SMILES string of the molecule is c1csc(-c2cccc3cc4ccccc4cc23)c1. The maximum absolute atomic E-state index is 2.31. The van der Waals surface area contributed by atoms with E-state index in [-0.39, 0.29) is 0 Å². The fourth-order valence-corrected chi connectivity index (χ4v) is 3.38. The highest BCUT2D eigenvalue weighted by atomic mass is 32.1. The lowest BCUT2D eigenvalue weighted by Crippen LogP contribution is -1.80. The van der Waals surface area contributed by atoms with Gasteiger partial charge in [-0.05, 0) is 50.7 Å². The van der Waals surface area contributed by atoms with E-state index in [1.54, 1.807) is 11.3 Å². The number of rotatable bonds is 1. The zero-order chi connectivity index (χ0) is 12.7. The molecule has 0 aliphatic rings. The number of thiophene rings is 1. The second-order valence-corrected chi connectivity index (χ2v) is 5.65. The smallest absolute Gasteiger partial charge is 0.0348 e. The first-order valence-electron chi connectivity index (χ1n) is 6.37. The molecule has 0 aliphatic carbocycles. The largest absolute Gasteiger partial charge is 0.144 e. The Morgan fingerprint density at radius 1 is 0.632 bits per heavy atom. The quantitative estimate of drug-likeness (QED) is 0.384. The topological polar surface area (TPSA) is 0 Å². The molecular weight excluding hydrogens is 248 g/mol. The third-order valence-corrected chi connectivity index (χ3v) is 4.44. The summed E-state index contributed by atoms with van der Waals surface area (Å²) in [5.41, 5.74) is 1.33. The molecule has 1 aromatic heterocycles. The van der Waals surface area contributed by atoms with Crippen LogP contribution in [-0.4, -0.2) is 0 Å². The summed E-state index contributed by atoms with van der Waals surface area (Å²) in [6.45, 7) is 0. The van der Waals surface area contributed by atoms with Crippen molar-refractivity contribution < 1.29 is 0 Å². The molecule has 1 heteroatoms. The van der Waals surface area contributed by atoms with Gasteiger partial charge in [-0.15, -0.1) is 11.3 Å². The molecular formula is C18H12S. The van der Waals surface area contributed by atoms with E-state index in [2.05, 4.69) is 72.1 Å². The molecule has 0 amide bonds. The summed E-state index contributed by atoms with van der Waals surface area (Å²) in [5.74, 6) is 0. The van der Waals surface area contributed by atoms with E-state index in [4.69, 9.17) is 0 Å². The van der Waals surface area contributed by atoms with Crippen LogP contribution in [0.1, 0.15) is 0 Å². The molecule has 0 nitrogen and oxygen atoms in total. The van der Waals surface area contributed by atoms with Crippen molar-refractivity contribution >= 4 is 32.9 Å². The van der Waals surface area contributed by atoms with Crippen molar-refractivity contribution in [2.24, 2.45) is 0 Å². The number of hydrogen-bond donors (Lipinski definition) is 0. The van der Waals surface area contributed by atoms with Gasteiger partial charge in [0.05, 0.1) is 0 Å². The molecule has 0 saturated carbocycles. The van der Waals surface area contributed by atoms with Crippen molar-refractivity contribution in [1.82, 2.24) is 0 Å². The number of hydrogen-bond acceptors (Lipinski definition) is 1. The summed E-state index contributed by atoms with van der Waals surface area (Å²) in [6.07, 6.45) is 0. The van der Waals surface area contributed by atoms with Crippen LogP contribution < -0.4 is 0 Å². The van der Waals surface area contributed by atoms with Crippen LogP contribution in [0.25, 0.3) is 32.0 Å². The zero-order valence-electron chi connectivity index (χ0n) is 10.3. The van der Waals surface area contributed by atoms with Crippen molar-refractivity contribution in [3.8, 4) is 10.4 Å². The average Bonchev–Trinajstić information content (AvgIpc) is 2.98. The summed E-state index contributed by atoms with van der Waals surface area (Å²) >= 11 is 1.80. The highest BCUT2D eigenvalue weighted by molar-refractivity contribution is 7.13. The molecule has 4 aromatic rings. The van der Waals surface area contributed by atoms with Gasteiger partial charge in [0.15, 0.2) is 0 Å². The molecule has 0 bridgehead atoms. The monoisotopic (exact) mass is 260 g/mol. The molecule has 3 aromatic carbocycles. The third kappa shape index (κ3) is 1.74. The molecule has 0 unspecified atom stereocenters. The molecule has 4 rings (SSSR count). The number of fused-ring (bicyclic) bond motifs is 2. The zero-order valence-corrected chi connectivity index (χ0v) is 11.2. The van der Waals surface area contributed by atoms with Crippen molar-refractivity contribution in [1.29, 1.82) is 0 Å². The Balaban J connectivity index is 2.12. The van der Waals surface area contributed by atoms with E-state index in [1.165, 1.54) is 32.0 Å². The Morgan fingerprint density at radius 3 is 2.21 bits per heavy atom. The van der Waals surface area contributed by atoms with Crippen LogP contribution in [0.3, 0.4) is 0 Å². The minimum absolute atomic E-state index is 1.30. The van der Waals surface area contributed by atoms with Crippen molar-refractivity contribution in [3.63, 3.8) is 0 Å². The molecule has 1 heterocycles. The normalized spacial score (nSPS) is 11.2. The summed E-state index contributed by atoms with van der Waals surface area (Å²) in [7, 11) is 0. The first-order valence-corrected chi connectivity index (χ1v) is 7.25. The van der Waals surface area contributed by atoms with Gasteiger partial charge in [-0.2, -0.15) is 0 Å². The van der Waals surface area contributed by atoms with Gasteiger partial charge in [-0.25, -0.2) is 0 Å². The van der Waals surface area contributed by atoms with Crippen LogP contribution in [-0.2, 0) is 0 Å². The second-order valence-electron chi connectivity index (χ2n) is 4.70. The fourth-order valence-electron chi connectivity index (χ4n) is 2.61. The Morgan fingerprint density at radius 2 is 1.42 bits per heavy atom. The Labute approximate surface area is 115 Å². The molecule has 0 saturated heterocycles. The van der Waals surface area contributed by atoms with Gasteiger partial charge in [0.2, 0.25) is 0 Å². The van der Waals surface area contributed by atoms with Gasteiger partial charge in [0.25, 0.3) is 0 Å². The lowest BCUT2D eigenvalue weighted by Gasteiger charge is -2.07. The van der Waals surface area contributed by atoms with Crippen LogP contribution in [0.4, 0.5) is 0 Å². The highest BCUT2D eigenvalue weighted by Gasteiger charge is 2.05. The molecule has 0 N–H and O–H groups in total. The van der Waals surface area contributed by atoms with Crippen LogP contribution in [0.5, 0.6) is 0 Å². The van der Waals surface area contributed by atoms with Gasteiger partial charge < -0.3 is 0 Å². The van der Waals surface area contributed by atoms with Gasteiger partial charge in [-0.3, -0.25) is 0 Å². The first-order chi connectivity index (χ1) is 9.42. The van der Waals surface area contributed by atoms with Crippen molar-refractivity contribution in [2.45, 2.75) is 0 Å². The van der Waals surface area contributed by atoms with E-state index in [9.17, 15) is 0 Å². The van der Waals surface area contributed by atoms with Gasteiger partial charge in [0.1, 0.15) is 0 Å². The number of benzene rings is 3. The first kappa shape index (κ1) is 10.8. The van der Waals surface area contributed by atoms with Gasteiger partial charge >= 0.3 is 0 Å². The summed E-state index contributed by atoms with van der Waals surface area (Å²) in [4.78, 5) is 1.33. The van der Waals surface area contributed by atoms with Crippen LogP contribution >= 0.6 is 11.3 Å². The lowest BCUT2D eigenvalue weighted by atomic mass is 9.99. The standard InChI is InChI=1S/C18H12S/c1-2-6-14-12-17-15(11-13(14)5-1)7-3-8-16(17)18-9-4-10-19-18/h1-12H. The molecule has 0 fully saturated rings. The maximum atomic E-state index is 2.31. The molecule has 19 heavy (non-hydrogen) atoms. The minimum atomic E-state index is 1.30. The van der Waals surface area contributed by atoms with E-state index in [0.717, 1.165) is 0 Å². The summed E-state index contributed by atoms with van der Waals surface area (Å²) in [6, 6.07) is 24.0. The minimum Gasteiger partial charge on any atom is -0.144 e. The maximum Gasteiger partial charge on any atom is 0.0348 e. The fraction of sp³-hybridized carbons (Fsp3) is 0. The van der Waals surface area contributed by atoms with E-state index in [1.807, 2.05) is 0 Å². The Bertz CT molecular complexity index is 857. The highest BCUT2D eigenvalue weighted by Crippen LogP contribution is 2.33. The van der Waals surface area contributed by atoms with Crippen molar-refractivity contribution in [2.75, 3.05) is 0 Å². The lowest BCUT2D eigenvalue weighted by molar-refractivity contribution is 1.75. The Hall–Kier alpha value is -2.12. The molecule has 0 aliphatic heterocycles. The van der Waals surface area contributed by atoms with E-state index in [0.29, 0.717) is 0 Å². The predicted molar refractivity (Wildman–Crippen MR) is 84.8 cm³/mol. The molecule has 0 atom stereocenters. The van der Waals surface area contributed by atoms with Crippen LogP contribution in [0.2, 0.25) is 0 Å². The molecule has 0 radical (unpaired) electrons. The van der Waals surface area contributed by atoms with Crippen LogP contribution in [0, 0.1) is 0 Å². The molecule has 90 valence electrons. The summed E-state index contributed by atoms with van der Waals surface area (Å²) < 4.78 is 0. The van der Waals surface area contributed by atoms with E-state index >= 15 is 0 Å². The van der Waals surface area contributed by atoms with Gasteiger partial charge in [0, 0.05) is 4.88 Å². The molecule has 0 spiro atoms. The van der Waals surface area contributed by atoms with E-state index < -0.39 is 0 Å². The average molecular weight is 260 g/mol. The Kier molecular flexibility index (Phi) is 2.39. The predicted octanol–water partition coefficient (Wildman–Crippen LogP) is 5.72. The second kappa shape index (κ2) is 4.22. The van der Waals surface area contributed by atoms with Gasteiger partial charge in [-0.1, -0.05) is 48.5 Å².